The van der Waals surface area contributed by atoms with E-state index in [1.54, 1.807) is 61.7 Å². The molecule has 2 fully saturated rings. The molecule has 20 nitrogen and oxygen atoms in total. The van der Waals surface area contributed by atoms with Crippen LogP contribution in [0.5, 0.6) is 34.5 Å². The number of fused-ring (bicyclic) bond motifs is 4. The minimum Gasteiger partial charge on any atom is -0.497 e. The van der Waals surface area contributed by atoms with Crippen molar-refractivity contribution in [2.75, 3.05) is 94.0 Å². The van der Waals surface area contributed by atoms with Crippen LogP contribution < -0.4 is 55.5 Å². The summed E-state index contributed by atoms with van der Waals surface area (Å²) in [5.41, 5.74) is 4.21. The second-order valence-electron chi connectivity index (χ2n) is 22.5. The molecule has 2 aromatic heterocycles. The third kappa shape index (κ3) is 16.1. The topological polar surface area (TPSA) is 206 Å². The Morgan fingerprint density at radius 3 is 1.52 bits per heavy atom. The first-order chi connectivity index (χ1) is 41.1. The van der Waals surface area contributed by atoms with Gasteiger partial charge in [0.05, 0.1) is 25.3 Å². The number of benzene rings is 4. The van der Waals surface area contributed by atoms with E-state index in [4.69, 9.17) is 33.2 Å². The molecule has 0 unspecified atom stereocenters. The van der Waals surface area contributed by atoms with E-state index in [1.807, 2.05) is 86.3 Å². The van der Waals surface area contributed by atoms with E-state index < -0.39 is 5.60 Å². The van der Waals surface area contributed by atoms with Crippen molar-refractivity contribution < 1.29 is 47.5 Å². The van der Waals surface area contributed by atoms with Crippen molar-refractivity contribution in [2.45, 2.75) is 90.3 Å². The Labute approximate surface area is 496 Å². The van der Waals surface area contributed by atoms with Crippen LogP contribution in [0.4, 0.5) is 4.79 Å². The number of likely N-dealkylation sites (tertiary alicyclic amines) is 2. The van der Waals surface area contributed by atoms with Crippen LogP contribution in [-0.4, -0.2) is 153 Å². The van der Waals surface area contributed by atoms with Crippen molar-refractivity contribution in [3.05, 3.63) is 140 Å². The fourth-order valence-electron chi connectivity index (χ4n) is 11.1. The zero-order valence-electron chi connectivity index (χ0n) is 49.9. The largest absolute Gasteiger partial charge is 0.497 e. The summed E-state index contributed by atoms with van der Waals surface area (Å²) < 4.78 is 43.1. The van der Waals surface area contributed by atoms with Gasteiger partial charge in [0.1, 0.15) is 43.5 Å². The number of ether oxygens (including phenoxy) is 7. The van der Waals surface area contributed by atoms with Crippen molar-refractivity contribution in [3.8, 4) is 34.5 Å². The van der Waals surface area contributed by atoms with E-state index in [0.29, 0.717) is 92.8 Å². The molecule has 3 N–H and O–H groups in total. The number of nitrogens with one attached hydrogen (secondary N) is 3. The molecule has 2 saturated heterocycles. The molecule has 20 heteroatoms. The fraction of sp³-hybridized carbons (Fsp3) is 0.431. The molecule has 0 radical (unpaired) electrons. The first-order valence-electron chi connectivity index (χ1n) is 29.3. The molecule has 4 aromatic carbocycles. The van der Waals surface area contributed by atoms with Crippen LogP contribution in [-0.2, 0) is 40.5 Å². The highest BCUT2D eigenvalue weighted by Gasteiger charge is 2.32. The number of aromatic nitrogens is 2. The number of hydrogen-bond donors (Lipinski definition) is 3. The molecule has 3 amide bonds. The van der Waals surface area contributed by atoms with Crippen LogP contribution in [0.1, 0.15) is 68.7 Å². The van der Waals surface area contributed by atoms with Crippen LogP contribution in [0, 0.1) is 0 Å². The average molecular weight is 1170 g/mol. The number of nitrogens with zero attached hydrogens (tertiary/aromatic N) is 5. The Hall–Kier alpha value is -8.33. The highest BCUT2D eigenvalue weighted by molar-refractivity contribution is 5.97. The minimum atomic E-state index is -0.616. The van der Waals surface area contributed by atoms with Gasteiger partial charge in [-0.15, -0.1) is 0 Å². The summed E-state index contributed by atoms with van der Waals surface area (Å²) in [5.74, 6) is 3.92. The highest BCUT2D eigenvalue weighted by Crippen LogP contribution is 2.34. The van der Waals surface area contributed by atoms with E-state index in [9.17, 15) is 24.0 Å². The molecule has 0 spiro atoms. The fourth-order valence-corrected chi connectivity index (χ4v) is 11.1. The Kier molecular flexibility index (Phi) is 20.5. The molecule has 0 atom stereocenters. The van der Waals surface area contributed by atoms with E-state index in [-0.39, 0.29) is 35.1 Å². The van der Waals surface area contributed by atoms with Gasteiger partial charge in [-0.1, -0.05) is 12.1 Å². The van der Waals surface area contributed by atoms with Gasteiger partial charge in [-0.2, -0.15) is 0 Å². The lowest BCUT2D eigenvalue weighted by Gasteiger charge is -2.39. The third-order valence-corrected chi connectivity index (χ3v) is 15.7. The van der Waals surface area contributed by atoms with Crippen molar-refractivity contribution in [1.82, 2.24) is 39.8 Å². The van der Waals surface area contributed by atoms with Gasteiger partial charge in [-0.05, 0) is 142 Å². The van der Waals surface area contributed by atoms with Gasteiger partial charge in [0, 0.05) is 126 Å². The molecule has 4 aliphatic rings. The maximum atomic E-state index is 13.4. The predicted octanol–water partition coefficient (Wildman–Crippen LogP) is 7.24. The lowest BCUT2D eigenvalue weighted by molar-refractivity contribution is -0.116. The van der Waals surface area contributed by atoms with Crippen LogP contribution in [0.3, 0.4) is 0 Å². The van der Waals surface area contributed by atoms with Crippen molar-refractivity contribution in [3.63, 3.8) is 0 Å². The number of amides is 3. The van der Waals surface area contributed by atoms with E-state index in [0.717, 1.165) is 104 Å². The zero-order chi connectivity index (χ0) is 60.0. The average Bonchev–Trinajstić information content (AvgIpc) is 3.69. The molecule has 0 aliphatic carbocycles. The number of carbonyl (C=O) groups is 3. The lowest BCUT2D eigenvalue weighted by atomic mass is 10.0. The standard InChI is InChI=1S/C35H44N4O7.C30H36N4O5/c1-35(2,3)46-34(42)39(23-24-6-10-30-31(20-24)45-19-18-44-30)26-12-14-37(15-13-26)16-17-38-29-22-27(43-5)8-9-28(29)25(21-33(38)41)7-11-32(40)36-4;1-31-29(35)8-4-22-18-30(36)34(26-19-24(37-2)5-6-25(22)26)14-13-33-11-9-23(10-12-33)32-20-21-3-7-27-28(17-21)39-16-15-38-27/h6-11,20-22,26H,12-19,23H2,1-5H3,(H,36,40);3-8,17-19,23,32H,9-16,20H2,1-2H3,(H,31,35)/b11-7+;8-4+. The van der Waals surface area contributed by atoms with Crippen LogP contribution in [0.2, 0.25) is 0 Å². The molecule has 0 bridgehead atoms. The first-order valence-corrected chi connectivity index (χ1v) is 29.3. The minimum absolute atomic E-state index is 0.00138. The van der Waals surface area contributed by atoms with Gasteiger partial charge in [-0.3, -0.25) is 19.2 Å². The van der Waals surface area contributed by atoms with Crippen LogP contribution in [0.25, 0.3) is 34.0 Å². The Morgan fingerprint density at radius 1 is 0.588 bits per heavy atom. The molecular formula is C65H80N8O12. The number of pyridine rings is 2. The highest BCUT2D eigenvalue weighted by atomic mass is 16.6. The first kappa shape index (κ1) is 61.2. The van der Waals surface area contributed by atoms with Gasteiger partial charge in [-0.25, -0.2) is 4.79 Å². The van der Waals surface area contributed by atoms with Crippen LogP contribution in [0.15, 0.2) is 107 Å². The summed E-state index contributed by atoms with van der Waals surface area (Å²) in [6, 6.07) is 26.9. The number of likely N-dealkylation sites (N-methyl/N-ethyl adjacent to an activating group) is 2. The molecule has 4 aliphatic heterocycles. The van der Waals surface area contributed by atoms with Gasteiger partial charge >= 0.3 is 6.09 Å². The van der Waals surface area contributed by atoms with Crippen LogP contribution >= 0.6 is 0 Å². The Bertz CT molecular complexity index is 3520. The third-order valence-electron chi connectivity index (χ3n) is 15.7. The maximum absolute atomic E-state index is 13.4. The summed E-state index contributed by atoms with van der Waals surface area (Å²) in [6.45, 7) is 15.1. The van der Waals surface area contributed by atoms with E-state index >= 15 is 0 Å². The zero-order valence-corrected chi connectivity index (χ0v) is 49.9. The Balaban J connectivity index is 0.000000206. The monoisotopic (exact) mass is 1160 g/mol. The summed E-state index contributed by atoms with van der Waals surface area (Å²) in [7, 11) is 6.35. The maximum Gasteiger partial charge on any atom is 0.410 e. The number of piperidine rings is 2. The quantitative estimate of drug-likeness (QED) is 0.0726. The number of rotatable bonds is 18. The number of hydrogen-bond acceptors (Lipinski definition) is 15. The predicted molar refractivity (Wildman–Crippen MR) is 328 cm³/mol. The molecular weight excluding hydrogens is 1080 g/mol. The SMILES string of the molecule is CNC(=O)/C=C/c1cc(=O)n(CCN2CCC(N(Cc3ccc4c(c3)OCCO4)C(=O)OC(C)(C)C)CC2)c2cc(OC)ccc12.CNC(=O)/C=C/c1cc(=O)n(CCN2CCC(NCc3ccc4c(c3)OCCO4)CC2)c2cc(OC)ccc12. The molecule has 6 aromatic rings. The van der Waals surface area contributed by atoms with E-state index in [2.05, 4.69) is 37.9 Å². The number of methoxy groups -OCH3 is 2. The molecule has 452 valence electrons. The smallest absolute Gasteiger partial charge is 0.410 e. The van der Waals surface area contributed by atoms with Crippen molar-refractivity contribution >= 4 is 51.9 Å². The summed E-state index contributed by atoms with van der Waals surface area (Å²) in [5, 5.41) is 10.6. The Morgan fingerprint density at radius 2 is 1.05 bits per heavy atom. The van der Waals surface area contributed by atoms with E-state index in [1.165, 1.54) is 17.7 Å². The summed E-state index contributed by atoms with van der Waals surface area (Å²) >= 11 is 0. The van der Waals surface area contributed by atoms with Gasteiger partial charge < -0.3 is 72.9 Å². The second-order valence-corrected chi connectivity index (χ2v) is 22.5. The van der Waals surface area contributed by atoms with Gasteiger partial charge in [0.2, 0.25) is 11.8 Å². The number of carbonyl (C=O) groups excluding carboxylic acids is 3. The molecule has 10 rings (SSSR count). The van der Waals surface area contributed by atoms with Crippen molar-refractivity contribution in [1.29, 1.82) is 0 Å². The lowest BCUT2D eigenvalue weighted by Crippen LogP contribution is -2.49. The molecule has 6 heterocycles. The van der Waals surface area contributed by atoms with Gasteiger partial charge in [0.25, 0.3) is 11.1 Å². The second kappa shape index (κ2) is 28.5. The molecule has 85 heavy (non-hydrogen) atoms. The molecule has 0 saturated carbocycles. The summed E-state index contributed by atoms with van der Waals surface area (Å²) in [4.78, 5) is 70.0. The normalized spacial score (nSPS) is 15.8. The van der Waals surface area contributed by atoms with Crippen molar-refractivity contribution in [2.24, 2.45) is 0 Å². The van der Waals surface area contributed by atoms with Gasteiger partial charge in [0.15, 0.2) is 23.0 Å². The summed E-state index contributed by atoms with van der Waals surface area (Å²) in [6.07, 6.45) is 9.52.